The summed E-state index contributed by atoms with van der Waals surface area (Å²) >= 11 is 1.37. The van der Waals surface area contributed by atoms with Crippen molar-refractivity contribution in [2.45, 2.75) is 26.2 Å². The molecule has 2 aromatic rings. The Morgan fingerprint density at radius 3 is 2.45 bits per heavy atom. The first-order valence-electron chi connectivity index (χ1n) is 10.9. The fraction of sp³-hybridized carbons (Fsp3) is 0.320. The molecule has 3 aliphatic heterocycles. The monoisotopic (exact) mass is 431 g/mol. The molecule has 3 heterocycles. The molecule has 1 fully saturated rings. The first-order valence-corrected chi connectivity index (χ1v) is 11.7. The Kier molecular flexibility index (Phi) is 5.40. The molecule has 0 aliphatic carbocycles. The number of aliphatic imine (C=N–C) groups is 1. The average Bonchev–Trinajstić information content (AvgIpc) is 3.31. The predicted octanol–water partition coefficient (Wildman–Crippen LogP) is 4.35. The zero-order chi connectivity index (χ0) is 21.4. The summed E-state index contributed by atoms with van der Waals surface area (Å²) in [5.74, 6) is 0.265. The summed E-state index contributed by atoms with van der Waals surface area (Å²) in [6.45, 7) is 4.32. The number of hydrogen-bond donors (Lipinski definition) is 0. The summed E-state index contributed by atoms with van der Waals surface area (Å²) in [6.07, 6.45) is 3.26. The molecule has 0 unspecified atom stereocenters. The number of anilines is 1. The van der Waals surface area contributed by atoms with Crippen LogP contribution in [0.2, 0.25) is 0 Å². The van der Waals surface area contributed by atoms with E-state index in [9.17, 15) is 9.59 Å². The zero-order valence-corrected chi connectivity index (χ0v) is 18.4. The van der Waals surface area contributed by atoms with E-state index in [0.29, 0.717) is 22.9 Å². The van der Waals surface area contributed by atoms with Crippen molar-refractivity contribution in [1.29, 1.82) is 0 Å². The van der Waals surface area contributed by atoms with Gasteiger partial charge >= 0.3 is 0 Å². The third-order valence-electron chi connectivity index (χ3n) is 6.30. The summed E-state index contributed by atoms with van der Waals surface area (Å²) in [6, 6.07) is 18.3. The van der Waals surface area contributed by atoms with Crippen molar-refractivity contribution in [3.63, 3.8) is 0 Å². The number of amides is 2. The van der Waals surface area contributed by atoms with E-state index < -0.39 is 0 Å². The normalized spacial score (nSPS) is 21.6. The van der Waals surface area contributed by atoms with Gasteiger partial charge in [0.25, 0.3) is 11.8 Å². The first-order chi connectivity index (χ1) is 15.2. The Morgan fingerprint density at radius 2 is 1.71 bits per heavy atom. The van der Waals surface area contributed by atoms with Crippen LogP contribution < -0.4 is 4.90 Å². The van der Waals surface area contributed by atoms with Crippen LogP contribution in [-0.2, 0) is 16.0 Å². The van der Waals surface area contributed by atoms with Crippen LogP contribution in [0.15, 0.2) is 64.5 Å². The van der Waals surface area contributed by atoms with E-state index >= 15 is 0 Å². The molecule has 0 spiro atoms. The number of benzene rings is 2. The van der Waals surface area contributed by atoms with Gasteiger partial charge in [0.1, 0.15) is 0 Å². The molecule has 31 heavy (non-hydrogen) atoms. The number of likely N-dealkylation sites (N-methyl/N-ethyl adjacent to an activating group) is 1. The van der Waals surface area contributed by atoms with Gasteiger partial charge in [0.15, 0.2) is 5.17 Å². The number of amidine groups is 1. The van der Waals surface area contributed by atoms with E-state index in [4.69, 9.17) is 0 Å². The molecule has 1 saturated heterocycles. The number of likely N-dealkylation sites (tertiary alicyclic amines) is 1. The first kappa shape index (κ1) is 20.1. The van der Waals surface area contributed by atoms with Crippen molar-refractivity contribution < 1.29 is 9.59 Å². The number of piperidine rings is 1. The highest BCUT2D eigenvalue weighted by Crippen LogP contribution is 2.43. The Bertz CT molecular complexity index is 1080. The SMILES string of the molecule is CCN1C(=O)C(=C2SC(N3CCC(Cc4ccccc4)CC3)=NC2=O)c2ccccc21. The van der Waals surface area contributed by atoms with Gasteiger partial charge in [-0.3, -0.25) is 9.59 Å². The smallest absolute Gasteiger partial charge is 0.287 e. The van der Waals surface area contributed by atoms with E-state index in [1.54, 1.807) is 4.90 Å². The molecule has 0 radical (unpaired) electrons. The van der Waals surface area contributed by atoms with Crippen LogP contribution >= 0.6 is 11.8 Å². The fourth-order valence-corrected chi connectivity index (χ4v) is 5.73. The van der Waals surface area contributed by atoms with Gasteiger partial charge in [-0.2, -0.15) is 4.99 Å². The van der Waals surface area contributed by atoms with E-state index in [-0.39, 0.29) is 11.8 Å². The van der Waals surface area contributed by atoms with Gasteiger partial charge in [-0.15, -0.1) is 0 Å². The number of fused-ring (bicyclic) bond motifs is 1. The molecule has 0 bridgehead atoms. The van der Waals surface area contributed by atoms with Crippen LogP contribution in [0.4, 0.5) is 5.69 Å². The van der Waals surface area contributed by atoms with E-state index in [0.717, 1.165) is 48.8 Å². The van der Waals surface area contributed by atoms with Crippen molar-refractivity contribution in [1.82, 2.24) is 4.90 Å². The maximum atomic E-state index is 13.1. The number of nitrogens with zero attached hydrogens (tertiary/aromatic N) is 3. The summed E-state index contributed by atoms with van der Waals surface area (Å²) in [5, 5.41) is 0.742. The minimum Gasteiger partial charge on any atom is -0.351 e. The third-order valence-corrected chi connectivity index (χ3v) is 7.42. The molecular weight excluding hydrogens is 406 g/mol. The molecular formula is C25H25N3O2S. The van der Waals surface area contributed by atoms with Crippen LogP contribution in [-0.4, -0.2) is 41.5 Å². The largest absolute Gasteiger partial charge is 0.351 e. The molecule has 3 aliphatic rings. The van der Waals surface area contributed by atoms with Gasteiger partial charge in [0.2, 0.25) is 0 Å². The molecule has 0 aromatic heterocycles. The topological polar surface area (TPSA) is 53.0 Å². The molecule has 5 rings (SSSR count). The lowest BCUT2D eigenvalue weighted by atomic mass is 9.90. The van der Waals surface area contributed by atoms with Crippen molar-refractivity contribution >= 4 is 40.0 Å². The van der Waals surface area contributed by atoms with Crippen molar-refractivity contribution in [2.75, 3.05) is 24.5 Å². The lowest BCUT2D eigenvalue weighted by Gasteiger charge is -2.32. The highest BCUT2D eigenvalue weighted by atomic mass is 32.2. The average molecular weight is 432 g/mol. The van der Waals surface area contributed by atoms with Crippen molar-refractivity contribution in [2.24, 2.45) is 10.9 Å². The van der Waals surface area contributed by atoms with Crippen LogP contribution in [0.1, 0.15) is 30.9 Å². The summed E-state index contributed by atoms with van der Waals surface area (Å²) < 4.78 is 0. The van der Waals surface area contributed by atoms with Gasteiger partial charge < -0.3 is 9.80 Å². The standard InChI is InChI=1S/C25H25N3O2S/c1-2-28-20-11-7-6-10-19(20)21(24(28)30)22-23(29)26-25(31-22)27-14-12-18(13-15-27)16-17-8-4-3-5-9-17/h3-11,18H,2,12-16H2,1H3. The molecule has 158 valence electrons. The second kappa shape index (κ2) is 8.35. The minimum absolute atomic E-state index is 0.0995. The van der Waals surface area contributed by atoms with Crippen LogP contribution in [0.25, 0.3) is 5.57 Å². The van der Waals surface area contributed by atoms with Crippen molar-refractivity contribution in [3.05, 3.63) is 70.6 Å². The highest BCUT2D eigenvalue weighted by Gasteiger charge is 2.39. The Morgan fingerprint density at radius 1 is 1.00 bits per heavy atom. The third kappa shape index (κ3) is 3.69. The lowest BCUT2D eigenvalue weighted by molar-refractivity contribution is -0.115. The zero-order valence-electron chi connectivity index (χ0n) is 17.6. The van der Waals surface area contributed by atoms with Crippen molar-refractivity contribution in [3.8, 4) is 0 Å². The quantitative estimate of drug-likeness (QED) is 0.678. The van der Waals surface area contributed by atoms with E-state index in [1.807, 2.05) is 31.2 Å². The number of thioether (sulfide) groups is 1. The maximum Gasteiger partial charge on any atom is 0.287 e. The molecule has 5 nitrogen and oxygen atoms in total. The predicted molar refractivity (Wildman–Crippen MR) is 126 cm³/mol. The summed E-state index contributed by atoms with van der Waals surface area (Å²) in [4.78, 5) is 34.6. The molecule has 2 aromatic carbocycles. The molecule has 0 atom stereocenters. The second-order valence-corrected chi connectivity index (χ2v) is 9.17. The van der Waals surface area contributed by atoms with Crippen LogP contribution in [0.3, 0.4) is 0 Å². The number of para-hydroxylation sites is 1. The van der Waals surface area contributed by atoms with Gasteiger partial charge in [0, 0.05) is 25.2 Å². The van der Waals surface area contributed by atoms with Gasteiger partial charge in [-0.25, -0.2) is 0 Å². The molecule has 0 saturated carbocycles. The van der Waals surface area contributed by atoms with E-state index in [1.165, 1.54) is 17.3 Å². The number of rotatable bonds is 3. The Hall–Kier alpha value is -2.86. The van der Waals surface area contributed by atoms with Gasteiger partial charge in [0.05, 0.1) is 16.2 Å². The Balaban J connectivity index is 1.31. The lowest BCUT2D eigenvalue weighted by Crippen LogP contribution is -2.37. The summed E-state index contributed by atoms with van der Waals surface area (Å²) in [7, 11) is 0. The number of hydrogen-bond acceptors (Lipinski definition) is 4. The van der Waals surface area contributed by atoms with Crippen LogP contribution in [0, 0.1) is 5.92 Å². The van der Waals surface area contributed by atoms with Gasteiger partial charge in [-0.1, -0.05) is 48.5 Å². The second-order valence-electron chi connectivity index (χ2n) is 8.19. The molecule has 0 N–H and O–H groups in total. The number of carbonyl (C=O) groups is 2. The van der Waals surface area contributed by atoms with Crippen LogP contribution in [0.5, 0.6) is 0 Å². The van der Waals surface area contributed by atoms with E-state index in [2.05, 4.69) is 40.2 Å². The number of carbonyl (C=O) groups excluding carboxylic acids is 2. The summed E-state index contributed by atoms with van der Waals surface area (Å²) in [5.41, 5.74) is 3.60. The maximum absolute atomic E-state index is 13.1. The molecule has 6 heteroatoms. The fourth-order valence-electron chi connectivity index (χ4n) is 4.68. The van der Waals surface area contributed by atoms with Gasteiger partial charge in [-0.05, 0) is 55.5 Å². The molecule has 2 amide bonds. The highest BCUT2D eigenvalue weighted by molar-refractivity contribution is 8.18. The Labute approximate surface area is 186 Å². The minimum atomic E-state index is -0.289.